The summed E-state index contributed by atoms with van der Waals surface area (Å²) in [6.07, 6.45) is 1.87. The molecule has 1 aromatic carbocycles. The second kappa shape index (κ2) is 5.24. The van der Waals surface area contributed by atoms with Gasteiger partial charge in [-0.15, -0.1) is 0 Å². The minimum atomic E-state index is -0.768. The molecule has 1 aliphatic carbocycles. The highest BCUT2D eigenvalue weighted by molar-refractivity contribution is 6.08. The Kier molecular flexibility index (Phi) is 3.41. The van der Waals surface area contributed by atoms with Crippen molar-refractivity contribution in [3.63, 3.8) is 0 Å². The van der Waals surface area contributed by atoms with Gasteiger partial charge >= 0.3 is 5.97 Å². The zero-order chi connectivity index (χ0) is 15.0. The maximum Gasteiger partial charge on any atom is 0.306 e. The predicted octanol–water partition coefficient (Wildman–Crippen LogP) is 2.46. The van der Waals surface area contributed by atoms with Gasteiger partial charge in [0.05, 0.1) is 11.5 Å². The van der Waals surface area contributed by atoms with Crippen LogP contribution in [0.3, 0.4) is 0 Å². The highest BCUT2D eigenvalue weighted by Crippen LogP contribution is 2.27. The van der Waals surface area contributed by atoms with Crippen molar-refractivity contribution in [2.24, 2.45) is 5.92 Å². The van der Waals surface area contributed by atoms with Crippen molar-refractivity contribution >= 4 is 22.8 Å². The van der Waals surface area contributed by atoms with Crippen LogP contribution in [0.5, 0.6) is 0 Å². The Labute approximate surface area is 122 Å². The molecule has 1 amide bonds. The SMILES string of the molecule is Cc1[nH]c2ccccc2c1C(=O)N[C@@H]1CC[C@H](C(=O)O)C1. The van der Waals surface area contributed by atoms with Crippen molar-refractivity contribution in [3.05, 3.63) is 35.5 Å². The first kappa shape index (κ1) is 13.7. The number of hydrogen-bond acceptors (Lipinski definition) is 2. The summed E-state index contributed by atoms with van der Waals surface area (Å²) in [5.74, 6) is -1.23. The molecule has 5 nitrogen and oxygen atoms in total. The number of H-pyrrole nitrogens is 1. The number of aliphatic carboxylic acids is 1. The van der Waals surface area contributed by atoms with Gasteiger partial charge in [0.25, 0.3) is 5.91 Å². The number of carbonyl (C=O) groups is 2. The lowest BCUT2D eigenvalue weighted by Crippen LogP contribution is -2.33. The highest BCUT2D eigenvalue weighted by Gasteiger charge is 2.31. The fraction of sp³-hybridized carbons (Fsp3) is 0.375. The number of para-hydroxylation sites is 1. The molecule has 0 radical (unpaired) electrons. The Balaban J connectivity index is 1.79. The molecule has 2 aromatic rings. The van der Waals surface area contributed by atoms with Gasteiger partial charge in [-0.1, -0.05) is 18.2 Å². The fourth-order valence-corrected chi connectivity index (χ4v) is 3.16. The number of amides is 1. The lowest BCUT2D eigenvalue weighted by atomic mass is 10.1. The van der Waals surface area contributed by atoms with E-state index in [4.69, 9.17) is 5.11 Å². The van der Waals surface area contributed by atoms with Gasteiger partial charge in [-0.05, 0) is 32.3 Å². The van der Waals surface area contributed by atoms with Crippen LogP contribution in [-0.4, -0.2) is 28.0 Å². The third-order valence-corrected chi connectivity index (χ3v) is 4.24. The second-order valence-electron chi connectivity index (χ2n) is 5.69. The smallest absolute Gasteiger partial charge is 0.306 e. The Morgan fingerprint density at radius 1 is 1.29 bits per heavy atom. The van der Waals surface area contributed by atoms with Gasteiger partial charge < -0.3 is 15.4 Å². The van der Waals surface area contributed by atoms with Gasteiger partial charge in [0.1, 0.15) is 0 Å². The van der Waals surface area contributed by atoms with Crippen LogP contribution >= 0.6 is 0 Å². The number of aryl methyl sites for hydroxylation is 1. The molecule has 0 unspecified atom stereocenters. The summed E-state index contributed by atoms with van der Waals surface area (Å²) >= 11 is 0. The Bertz CT molecular complexity index is 705. The summed E-state index contributed by atoms with van der Waals surface area (Å²) in [5, 5.41) is 12.9. The molecule has 0 spiro atoms. The van der Waals surface area contributed by atoms with Gasteiger partial charge in [-0.2, -0.15) is 0 Å². The predicted molar refractivity (Wildman–Crippen MR) is 79.3 cm³/mol. The summed E-state index contributed by atoms with van der Waals surface area (Å²) < 4.78 is 0. The lowest BCUT2D eigenvalue weighted by molar-refractivity contribution is -0.141. The van der Waals surface area contributed by atoms with E-state index in [1.807, 2.05) is 31.2 Å². The molecule has 21 heavy (non-hydrogen) atoms. The number of nitrogens with one attached hydrogen (secondary N) is 2. The van der Waals surface area contributed by atoms with E-state index < -0.39 is 5.97 Å². The number of carbonyl (C=O) groups excluding carboxylic acids is 1. The number of benzene rings is 1. The van der Waals surface area contributed by atoms with E-state index in [0.29, 0.717) is 18.4 Å². The molecule has 1 heterocycles. The van der Waals surface area contributed by atoms with Crippen LogP contribution < -0.4 is 5.32 Å². The summed E-state index contributed by atoms with van der Waals surface area (Å²) in [7, 11) is 0. The maximum atomic E-state index is 12.5. The normalized spacial score (nSPS) is 21.6. The van der Waals surface area contributed by atoms with Crippen molar-refractivity contribution in [2.75, 3.05) is 0 Å². The minimum Gasteiger partial charge on any atom is -0.481 e. The molecule has 0 saturated heterocycles. The quantitative estimate of drug-likeness (QED) is 0.810. The summed E-state index contributed by atoms with van der Waals surface area (Å²) in [4.78, 5) is 26.7. The van der Waals surface area contributed by atoms with Crippen LogP contribution in [0.2, 0.25) is 0 Å². The molecule has 3 rings (SSSR count). The number of fused-ring (bicyclic) bond motifs is 1. The van der Waals surface area contributed by atoms with E-state index in [0.717, 1.165) is 23.0 Å². The molecule has 1 aromatic heterocycles. The molecular weight excluding hydrogens is 268 g/mol. The first-order chi connectivity index (χ1) is 10.1. The van der Waals surface area contributed by atoms with E-state index in [1.165, 1.54) is 0 Å². The van der Waals surface area contributed by atoms with Crippen LogP contribution in [0.15, 0.2) is 24.3 Å². The lowest BCUT2D eigenvalue weighted by Gasteiger charge is -2.12. The van der Waals surface area contributed by atoms with Crippen LogP contribution in [0.1, 0.15) is 35.3 Å². The third-order valence-electron chi connectivity index (χ3n) is 4.24. The number of aromatic amines is 1. The number of hydrogen-bond donors (Lipinski definition) is 3. The Hall–Kier alpha value is -2.30. The topological polar surface area (TPSA) is 82.2 Å². The monoisotopic (exact) mass is 286 g/mol. The van der Waals surface area contributed by atoms with Gasteiger partial charge in [0.2, 0.25) is 0 Å². The molecule has 110 valence electrons. The average Bonchev–Trinajstić information content (AvgIpc) is 3.01. The molecular formula is C16H18N2O3. The molecule has 3 N–H and O–H groups in total. The van der Waals surface area contributed by atoms with E-state index >= 15 is 0 Å². The van der Waals surface area contributed by atoms with Crippen molar-refractivity contribution in [1.82, 2.24) is 10.3 Å². The van der Waals surface area contributed by atoms with Crippen molar-refractivity contribution in [2.45, 2.75) is 32.2 Å². The van der Waals surface area contributed by atoms with Crippen molar-refractivity contribution < 1.29 is 14.7 Å². The van der Waals surface area contributed by atoms with E-state index in [1.54, 1.807) is 0 Å². The fourth-order valence-electron chi connectivity index (χ4n) is 3.16. The van der Waals surface area contributed by atoms with Crippen LogP contribution in [0.4, 0.5) is 0 Å². The molecule has 1 aliphatic rings. The average molecular weight is 286 g/mol. The molecule has 0 aliphatic heterocycles. The standard InChI is InChI=1S/C16H18N2O3/c1-9-14(12-4-2-3-5-13(12)17-9)15(19)18-11-7-6-10(8-11)16(20)21/h2-5,10-11,17H,6-8H2,1H3,(H,18,19)(H,20,21)/t10-,11+/m0/s1. The first-order valence-electron chi connectivity index (χ1n) is 7.17. The zero-order valence-corrected chi connectivity index (χ0v) is 11.8. The van der Waals surface area contributed by atoms with Gasteiger partial charge in [-0.25, -0.2) is 0 Å². The van der Waals surface area contributed by atoms with E-state index in [-0.39, 0.29) is 17.9 Å². The van der Waals surface area contributed by atoms with Crippen LogP contribution in [-0.2, 0) is 4.79 Å². The number of carboxylic acids is 1. The zero-order valence-electron chi connectivity index (χ0n) is 11.8. The molecule has 1 saturated carbocycles. The van der Waals surface area contributed by atoms with Crippen LogP contribution in [0, 0.1) is 12.8 Å². The molecule has 0 bridgehead atoms. The summed E-state index contributed by atoms with van der Waals surface area (Å²) in [5.41, 5.74) is 2.43. The molecule has 1 fully saturated rings. The minimum absolute atomic E-state index is 0.0494. The van der Waals surface area contributed by atoms with Crippen molar-refractivity contribution in [1.29, 1.82) is 0 Å². The Morgan fingerprint density at radius 3 is 2.76 bits per heavy atom. The number of carboxylic acid groups (broad SMARTS) is 1. The van der Waals surface area contributed by atoms with Crippen LogP contribution in [0.25, 0.3) is 10.9 Å². The largest absolute Gasteiger partial charge is 0.481 e. The second-order valence-corrected chi connectivity index (χ2v) is 5.69. The third kappa shape index (κ3) is 2.51. The van der Waals surface area contributed by atoms with E-state index in [2.05, 4.69) is 10.3 Å². The highest BCUT2D eigenvalue weighted by atomic mass is 16.4. The van der Waals surface area contributed by atoms with Gasteiger partial charge in [0.15, 0.2) is 0 Å². The summed E-state index contributed by atoms with van der Waals surface area (Å²) in [6.45, 7) is 1.88. The summed E-state index contributed by atoms with van der Waals surface area (Å²) in [6, 6.07) is 7.64. The number of aromatic nitrogens is 1. The van der Waals surface area contributed by atoms with Crippen molar-refractivity contribution in [3.8, 4) is 0 Å². The van der Waals surface area contributed by atoms with Gasteiger partial charge in [-0.3, -0.25) is 9.59 Å². The Morgan fingerprint density at radius 2 is 2.05 bits per heavy atom. The number of rotatable bonds is 3. The molecule has 2 atom stereocenters. The van der Waals surface area contributed by atoms with E-state index in [9.17, 15) is 9.59 Å². The first-order valence-corrected chi connectivity index (χ1v) is 7.17. The maximum absolute atomic E-state index is 12.5. The van der Waals surface area contributed by atoms with Gasteiger partial charge in [0, 0.05) is 22.6 Å². The molecule has 5 heteroatoms.